The summed E-state index contributed by atoms with van der Waals surface area (Å²) in [5, 5.41) is 0.648. The second kappa shape index (κ2) is 9.32. The predicted octanol–water partition coefficient (Wildman–Crippen LogP) is 3.13. The number of piperazine rings is 1. The van der Waals surface area contributed by atoms with E-state index >= 15 is 0 Å². The van der Waals surface area contributed by atoms with Gasteiger partial charge in [-0.2, -0.15) is 4.72 Å². The van der Waals surface area contributed by atoms with Gasteiger partial charge in [0.2, 0.25) is 15.9 Å². The number of carbonyl (C=O) groups is 1. The average molecular weight is 454 g/mol. The molecule has 30 heavy (non-hydrogen) atoms. The number of carbonyl (C=O) groups excluding carboxylic acids is 1. The first-order valence-corrected chi connectivity index (χ1v) is 11.6. The van der Waals surface area contributed by atoms with Crippen molar-refractivity contribution in [3.05, 3.63) is 59.4 Å². The van der Waals surface area contributed by atoms with Gasteiger partial charge in [-0.15, -0.1) is 0 Å². The molecule has 0 unspecified atom stereocenters. The Morgan fingerprint density at radius 2 is 1.63 bits per heavy atom. The lowest BCUT2D eigenvalue weighted by Crippen LogP contribution is -2.56. The quantitative estimate of drug-likeness (QED) is 0.729. The molecule has 0 aromatic heterocycles. The number of para-hydroxylation sites is 1. The van der Waals surface area contributed by atoms with Gasteiger partial charge in [-0.1, -0.05) is 49.7 Å². The number of nitrogens with zero attached hydrogens (tertiary/aromatic N) is 2. The van der Waals surface area contributed by atoms with E-state index in [9.17, 15) is 17.6 Å². The summed E-state index contributed by atoms with van der Waals surface area (Å²) >= 11 is 6.26. The summed E-state index contributed by atoms with van der Waals surface area (Å²) in [6.45, 7) is 5.56. The first-order valence-electron chi connectivity index (χ1n) is 9.76. The molecule has 1 heterocycles. The van der Waals surface area contributed by atoms with E-state index in [1.54, 1.807) is 18.7 Å². The van der Waals surface area contributed by atoms with E-state index in [2.05, 4.69) is 9.62 Å². The first-order chi connectivity index (χ1) is 14.2. The Hall–Kier alpha value is -2.16. The minimum atomic E-state index is -4.18. The van der Waals surface area contributed by atoms with Crippen LogP contribution in [0.5, 0.6) is 0 Å². The fourth-order valence-electron chi connectivity index (χ4n) is 3.44. The van der Waals surface area contributed by atoms with Crippen LogP contribution in [-0.2, 0) is 14.8 Å². The van der Waals surface area contributed by atoms with Gasteiger partial charge in [-0.05, 0) is 30.2 Å². The molecule has 1 amide bonds. The maximum absolute atomic E-state index is 14.0. The molecule has 1 saturated heterocycles. The lowest BCUT2D eigenvalue weighted by molar-refractivity contribution is -0.134. The molecule has 6 nitrogen and oxygen atoms in total. The van der Waals surface area contributed by atoms with Gasteiger partial charge in [-0.3, -0.25) is 4.79 Å². The van der Waals surface area contributed by atoms with Crippen LogP contribution in [0.3, 0.4) is 0 Å². The first kappa shape index (κ1) is 22.5. The second-order valence-electron chi connectivity index (χ2n) is 7.54. The number of rotatable bonds is 6. The van der Waals surface area contributed by atoms with Crippen LogP contribution in [-0.4, -0.2) is 51.4 Å². The highest BCUT2D eigenvalue weighted by atomic mass is 35.5. The van der Waals surface area contributed by atoms with Gasteiger partial charge < -0.3 is 9.80 Å². The van der Waals surface area contributed by atoms with E-state index in [1.807, 2.05) is 24.3 Å². The van der Waals surface area contributed by atoms with Crippen molar-refractivity contribution in [2.45, 2.75) is 24.8 Å². The zero-order valence-electron chi connectivity index (χ0n) is 16.9. The topological polar surface area (TPSA) is 69.7 Å². The maximum Gasteiger partial charge on any atom is 0.244 e. The van der Waals surface area contributed by atoms with Crippen LogP contribution in [0.4, 0.5) is 10.1 Å². The highest BCUT2D eigenvalue weighted by molar-refractivity contribution is 7.89. The molecular weight excluding hydrogens is 429 g/mol. The number of nitrogens with one attached hydrogen (secondary N) is 1. The molecule has 0 spiro atoms. The Kier molecular flexibility index (Phi) is 7.00. The number of sulfonamides is 1. The van der Waals surface area contributed by atoms with Crippen molar-refractivity contribution in [1.29, 1.82) is 0 Å². The standard InChI is InChI=1S/C21H25ClFN3O3S/c1-15(2)20(24-30(28,29)19-10-6-4-8-17(19)23)21(27)26-13-11-25(12-14-26)18-9-5-3-7-16(18)22/h3-10,15,20,24H,11-14H2,1-2H3/t20-/m0/s1. The number of anilines is 1. The summed E-state index contributed by atoms with van der Waals surface area (Å²) in [7, 11) is -4.18. The molecule has 1 aliphatic rings. The molecule has 1 atom stereocenters. The predicted molar refractivity (Wildman–Crippen MR) is 116 cm³/mol. The summed E-state index contributed by atoms with van der Waals surface area (Å²) in [5.74, 6) is -1.47. The van der Waals surface area contributed by atoms with Gasteiger partial charge in [0, 0.05) is 26.2 Å². The number of halogens is 2. The summed E-state index contributed by atoms with van der Waals surface area (Å²) in [6, 6.07) is 11.7. The van der Waals surface area contributed by atoms with Crippen LogP contribution in [0.1, 0.15) is 13.8 Å². The van der Waals surface area contributed by atoms with E-state index in [-0.39, 0.29) is 11.8 Å². The molecule has 0 radical (unpaired) electrons. The van der Waals surface area contributed by atoms with Crippen molar-refractivity contribution in [3.63, 3.8) is 0 Å². The Bertz CT molecular complexity index is 1010. The molecule has 1 fully saturated rings. The third-order valence-electron chi connectivity index (χ3n) is 5.13. The van der Waals surface area contributed by atoms with Crippen LogP contribution in [0.25, 0.3) is 0 Å². The normalized spacial score (nSPS) is 16.0. The summed E-state index contributed by atoms with van der Waals surface area (Å²) in [5.41, 5.74) is 0.909. The Morgan fingerprint density at radius 3 is 2.23 bits per heavy atom. The van der Waals surface area contributed by atoms with Crippen molar-refractivity contribution >= 4 is 33.2 Å². The summed E-state index contributed by atoms with van der Waals surface area (Å²) in [6.07, 6.45) is 0. The minimum Gasteiger partial charge on any atom is -0.367 e. The number of amides is 1. The van der Waals surface area contributed by atoms with Crippen molar-refractivity contribution in [3.8, 4) is 0 Å². The monoisotopic (exact) mass is 453 g/mol. The minimum absolute atomic E-state index is 0.305. The zero-order chi connectivity index (χ0) is 21.9. The van der Waals surface area contributed by atoms with E-state index in [1.165, 1.54) is 18.2 Å². The molecule has 2 aromatic rings. The van der Waals surface area contributed by atoms with E-state index in [0.717, 1.165) is 11.8 Å². The highest BCUT2D eigenvalue weighted by Crippen LogP contribution is 2.26. The number of benzene rings is 2. The molecule has 0 bridgehead atoms. The van der Waals surface area contributed by atoms with Crippen LogP contribution >= 0.6 is 11.6 Å². The fourth-order valence-corrected chi connectivity index (χ4v) is 5.11. The largest absolute Gasteiger partial charge is 0.367 e. The van der Waals surface area contributed by atoms with Crippen LogP contribution < -0.4 is 9.62 Å². The smallest absolute Gasteiger partial charge is 0.244 e. The van der Waals surface area contributed by atoms with Crippen molar-refractivity contribution in [1.82, 2.24) is 9.62 Å². The molecule has 9 heteroatoms. The van der Waals surface area contributed by atoms with Crippen molar-refractivity contribution in [2.24, 2.45) is 5.92 Å². The Labute approximate surface area is 181 Å². The molecule has 0 saturated carbocycles. The number of hydrogen-bond acceptors (Lipinski definition) is 4. The van der Waals surface area contributed by atoms with Crippen molar-refractivity contribution in [2.75, 3.05) is 31.1 Å². The van der Waals surface area contributed by atoms with Crippen LogP contribution in [0.15, 0.2) is 53.4 Å². The van der Waals surface area contributed by atoms with E-state index in [0.29, 0.717) is 31.2 Å². The summed E-state index contributed by atoms with van der Waals surface area (Å²) in [4.78, 5) is 16.4. The zero-order valence-corrected chi connectivity index (χ0v) is 18.5. The van der Waals surface area contributed by atoms with Gasteiger partial charge in [0.15, 0.2) is 0 Å². The second-order valence-corrected chi connectivity index (χ2v) is 9.63. The number of hydrogen-bond donors (Lipinski definition) is 1. The average Bonchev–Trinajstić information content (AvgIpc) is 2.72. The van der Waals surface area contributed by atoms with Gasteiger partial charge in [0.25, 0.3) is 0 Å². The lowest BCUT2D eigenvalue weighted by atomic mass is 10.0. The van der Waals surface area contributed by atoms with Crippen LogP contribution in [0.2, 0.25) is 5.02 Å². The van der Waals surface area contributed by atoms with E-state index < -0.39 is 26.8 Å². The molecule has 0 aliphatic carbocycles. The Balaban J connectivity index is 1.71. The van der Waals surface area contributed by atoms with Crippen LogP contribution in [0, 0.1) is 11.7 Å². The van der Waals surface area contributed by atoms with E-state index in [4.69, 9.17) is 11.6 Å². The molecule has 162 valence electrons. The van der Waals surface area contributed by atoms with Gasteiger partial charge in [0.05, 0.1) is 10.7 Å². The lowest BCUT2D eigenvalue weighted by Gasteiger charge is -2.38. The third kappa shape index (κ3) is 4.94. The fraction of sp³-hybridized carbons (Fsp3) is 0.381. The molecule has 3 rings (SSSR count). The Morgan fingerprint density at radius 1 is 1.03 bits per heavy atom. The van der Waals surface area contributed by atoms with Gasteiger partial charge in [0.1, 0.15) is 16.8 Å². The molecular formula is C21H25ClFN3O3S. The molecule has 1 N–H and O–H groups in total. The SMILES string of the molecule is CC(C)[C@H](NS(=O)(=O)c1ccccc1F)C(=O)N1CCN(c2ccccc2Cl)CC1. The third-order valence-corrected chi connectivity index (χ3v) is 6.92. The molecule has 1 aliphatic heterocycles. The molecule has 2 aromatic carbocycles. The summed E-state index contributed by atoms with van der Waals surface area (Å²) < 4.78 is 41.8. The van der Waals surface area contributed by atoms with Crippen molar-refractivity contribution < 1.29 is 17.6 Å². The highest BCUT2D eigenvalue weighted by Gasteiger charge is 2.34. The maximum atomic E-state index is 14.0. The van der Waals surface area contributed by atoms with Gasteiger partial charge >= 0.3 is 0 Å². The van der Waals surface area contributed by atoms with Gasteiger partial charge in [-0.25, -0.2) is 12.8 Å².